The smallest absolute Gasteiger partial charge is 0.175 e. The van der Waals surface area contributed by atoms with Crippen molar-refractivity contribution < 1.29 is 14.0 Å². The van der Waals surface area contributed by atoms with Crippen molar-refractivity contribution >= 4 is 5.82 Å². The number of benzene rings is 1. The van der Waals surface area contributed by atoms with Gasteiger partial charge in [0.15, 0.2) is 11.6 Å². The molecule has 0 saturated heterocycles. The van der Waals surface area contributed by atoms with Gasteiger partial charge in [0, 0.05) is 6.07 Å². The second-order valence-electron chi connectivity index (χ2n) is 3.20. The highest BCUT2D eigenvalue weighted by atomic mass is 19.1. The van der Waals surface area contributed by atoms with Gasteiger partial charge in [-0.2, -0.15) is 0 Å². The van der Waals surface area contributed by atoms with Crippen LogP contribution in [0, 0.1) is 12.7 Å². The van der Waals surface area contributed by atoms with Gasteiger partial charge in [0.1, 0.15) is 11.6 Å². The average Bonchev–Trinajstić information content (AvgIpc) is 2.59. The van der Waals surface area contributed by atoms with Crippen LogP contribution in [0.1, 0.15) is 5.56 Å². The van der Waals surface area contributed by atoms with E-state index in [1.807, 2.05) is 0 Å². The molecule has 1 heterocycles. The van der Waals surface area contributed by atoms with Gasteiger partial charge in [-0.05, 0) is 18.6 Å². The lowest BCUT2D eigenvalue weighted by molar-refractivity contribution is 0.424. The highest BCUT2D eigenvalue weighted by Gasteiger charge is 2.16. The molecule has 0 aliphatic rings. The molecule has 0 unspecified atom stereocenters. The molecule has 0 fully saturated rings. The van der Waals surface area contributed by atoms with Crippen molar-refractivity contribution in [2.75, 3.05) is 5.73 Å². The normalized spacial score (nSPS) is 10.5. The molecule has 0 spiro atoms. The van der Waals surface area contributed by atoms with Crippen LogP contribution in [0.25, 0.3) is 11.3 Å². The molecule has 4 nitrogen and oxygen atoms in total. The Morgan fingerprint density at radius 3 is 2.80 bits per heavy atom. The Labute approximate surface area is 85.1 Å². The summed E-state index contributed by atoms with van der Waals surface area (Å²) in [4.78, 5) is 0. The molecule has 78 valence electrons. The lowest BCUT2D eigenvalue weighted by Crippen LogP contribution is -1.86. The van der Waals surface area contributed by atoms with E-state index in [-0.39, 0.29) is 22.9 Å². The van der Waals surface area contributed by atoms with E-state index in [0.717, 1.165) is 0 Å². The third-order valence-corrected chi connectivity index (χ3v) is 2.10. The van der Waals surface area contributed by atoms with E-state index in [1.54, 1.807) is 6.92 Å². The zero-order valence-electron chi connectivity index (χ0n) is 7.99. The molecule has 0 aliphatic carbocycles. The van der Waals surface area contributed by atoms with Crippen molar-refractivity contribution in [3.63, 3.8) is 0 Å². The predicted molar refractivity (Wildman–Crippen MR) is 52.7 cm³/mol. The van der Waals surface area contributed by atoms with Gasteiger partial charge in [-0.25, -0.2) is 4.39 Å². The summed E-state index contributed by atoms with van der Waals surface area (Å²) in [6.07, 6.45) is 0. The van der Waals surface area contributed by atoms with Gasteiger partial charge in [-0.3, -0.25) is 0 Å². The van der Waals surface area contributed by atoms with Gasteiger partial charge in [0.2, 0.25) is 0 Å². The van der Waals surface area contributed by atoms with Crippen LogP contribution in [0.15, 0.2) is 22.7 Å². The van der Waals surface area contributed by atoms with Crippen LogP contribution >= 0.6 is 0 Å². The van der Waals surface area contributed by atoms with Crippen LogP contribution in [-0.4, -0.2) is 10.3 Å². The maximum Gasteiger partial charge on any atom is 0.175 e. The Hall–Kier alpha value is -2.04. The summed E-state index contributed by atoms with van der Waals surface area (Å²) in [5.41, 5.74) is 5.89. The lowest BCUT2D eigenvalue weighted by atomic mass is 10.1. The number of phenolic OH excluding ortho intramolecular Hbond substituents is 1. The van der Waals surface area contributed by atoms with Crippen molar-refractivity contribution in [3.05, 3.63) is 29.6 Å². The van der Waals surface area contributed by atoms with E-state index < -0.39 is 5.82 Å². The van der Waals surface area contributed by atoms with Gasteiger partial charge in [0.05, 0.1) is 5.56 Å². The fourth-order valence-electron chi connectivity index (χ4n) is 1.31. The molecule has 15 heavy (non-hydrogen) atoms. The fourth-order valence-corrected chi connectivity index (χ4v) is 1.31. The zero-order valence-corrected chi connectivity index (χ0v) is 7.99. The van der Waals surface area contributed by atoms with Gasteiger partial charge in [0.25, 0.3) is 0 Å². The molecule has 3 N–H and O–H groups in total. The van der Waals surface area contributed by atoms with Crippen LogP contribution in [0.3, 0.4) is 0 Å². The minimum atomic E-state index is -0.575. The van der Waals surface area contributed by atoms with Crippen molar-refractivity contribution in [1.29, 1.82) is 0 Å². The summed E-state index contributed by atoms with van der Waals surface area (Å²) in [5, 5.41) is 13.1. The molecule has 0 amide bonds. The number of hydrogen-bond acceptors (Lipinski definition) is 4. The Kier molecular flexibility index (Phi) is 2.07. The standard InChI is InChI=1S/C10H9FN2O2/c1-5-2-3-6(11)9(10(5)14)7-4-8(12)13-15-7/h2-4,14H,1H3,(H2,12,13). The third-order valence-electron chi connectivity index (χ3n) is 2.10. The van der Waals surface area contributed by atoms with Crippen molar-refractivity contribution in [2.24, 2.45) is 0 Å². The molecule has 0 bridgehead atoms. The summed E-state index contributed by atoms with van der Waals surface area (Å²) in [5.74, 6) is -0.475. The van der Waals surface area contributed by atoms with Gasteiger partial charge < -0.3 is 15.4 Å². The number of halogens is 1. The first kappa shape index (κ1) is 9.51. The van der Waals surface area contributed by atoms with Crippen molar-refractivity contribution in [1.82, 2.24) is 5.16 Å². The van der Waals surface area contributed by atoms with E-state index >= 15 is 0 Å². The summed E-state index contributed by atoms with van der Waals surface area (Å²) in [6, 6.07) is 4.09. The number of nitrogens with zero attached hydrogens (tertiary/aromatic N) is 1. The molecule has 2 rings (SSSR count). The predicted octanol–water partition coefficient (Wildman–Crippen LogP) is 2.08. The Morgan fingerprint density at radius 2 is 2.20 bits per heavy atom. The number of hydrogen-bond donors (Lipinski definition) is 2. The molecule has 2 aromatic rings. The van der Waals surface area contributed by atoms with E-state index in [0.29, 0.717) is 5.56 Å². The van der Waals surface area contributed by atoms with Crippen LogP contribution in [-0.2, 0) is 0 Å². The monoisotopic (exact) mass is 208 g/mol. The molecular weight excluding hydrogens is 199 g/mol. The van der Waals surface area contributed by atoms with Crippen LogP contribution in [0.2, 0.25) is 0 Å². The number of aromatic nitrogens is 1. The summed E-state index contributed by atoms with van der Waals surface area (Å²) < 4.78 is 18.2. The van der Waals surface area contributed by atoms with Crippen LogP contribution in [0.5, 0.6) is 5.75 Å². The highest BCUT2D eigenvalue weighted by Crippen LogP contribution is 2.34. The average molecular weight is 208 g/mol. The fraction of sp³-hybridized carbons (Fsp3) is 0.100. The minimum Gasteiger partial charge on any atom is -0.507 e. The minimum absolute atomic E-state index is 0.0146. The molecule has 1 aromatic carbocycles. The second-order valence-corrected chi connectivity index (χ2v) is 3.20. The Balaban J connectivity index is 2.66. The zero-order chi connectivity index (χ0) is 11.0. The van der Waals surface area contributed by atoms with Crippen molar-refractivity contribution in [3.8, 4) is 17.1 Å². The number of nitrogens with two attached hydrogens (primary N) is 1. The molecule has 0 aliphatic heterocycles. The Morgan fingerprint density at radius 1 is 1.47 bits per heavy atom. The number of aromatic hydroxyl groups is 1. The summed E-state index contributed by atoms with van der Waals surface area (Å²) >= 11 is 0. The molecule has 0 saturated carbocycles. The van der Waals surface area contributed by atoms with Crippen molar-refractivity contribution in [2.45, 2.75) is 6.92 Å². The maximum atomic E-state index is 13.4. The second kappa shape index (κ2) is 3.27. The molecule has 0 atom stereocenters. The molecular formula is C10H9FN2O2. The maximum absolute atomic E-state index is 13.4. The first-order valence-electron chi connectivity index (χ1n) is 4.30. The lowest BCUT2D eigenvalue weighted by Gasteiger charge is -2.04. The quantitative estimate of drug-likeness (QED) is 0.752. The summed E-state index contributed by atoms with van der Waals surface area (Å²) in [6.45, 7) is 1.66. The number of phenols is 1. The first-order valence-corrected chi connectivity index (χ1v) is 4.30. The number of nitrogen functional groups attached to an aromatic ring is 1. The van der Waals surface area contributed by atoms with Crippen LogP contribution < -0.4 is 5.73 Å². The first-order chi connectivity index (χ1) is 7.09. The van der Waals surface area contributed by atoms with E-state index in [2.05, 4.69) is 5.16 Å². The van der Waals surface area contributed by atoms with E-state index in [9.17, 15) is 9.50 Å². The van der Waals surface area contributed by atoms with E-state index in [1.165, 1.54) is 18.2 Å². The van der Waals surface area contributed by atoms with Crippen LogP contribution in [0.4, 0.5) is 10.2 Å². The number of anilines is 1. The number of rotatable bonds is 1. The van der Waals surface area contributed by atoms with Gasteiger partial charge in [-0.15, -0.1) is 0 Å². The van der Waals surface area contributed by atoms with E-state index in [4.69, 9.17) is 10.3 Å². The third kappa shape index (κ3) is 1.52. The Bertz CT molecular complexity index is 508. The molecule has 0 radical (unpaired) electrons. The number of aryl methyl sites for hydroxylation is 1. The SMILES string of the molecule is Cc1ccc(F)c(-c2cc(N)no2)c1O. The largest absolute Gasteiger partial charge is 0.507 e. The highest BCUT2D eigenvalue weighted by molar-refractivity contribution is 5.69. The molecule has 5 heteroatoms. The molecule has 1 aromatic heterocycles. The summed E-state index contributed by atoms with van der Waals surface area (Å²) in [7, 11) is 0. The van der Waals surface area contributed by atoms with Gasteiger partial charge >= 0.3 is 0 Å². The topological polar surface area (TPSA) is 72.3 Å². The van der Waals surface area contributed by atoms with Gasteiger partial charge in [-0.1, -0.05) is 11.2 Å².